The Morgan fingerprint density at radius 2 is 1.38 bits per heavy atom. The summed E-state index contributed by atoms with van der Waals surface area (Å²) < 4.78 is 53.1. The highest BCUT2D eigenvalue weighted by Gasteiger charge is 2.50. The first-order valence-electron chi connectivity index (χ1n) is 31.7. The average Bonchev–Trinajstić information content (AvgIpc) is 1.40. The van der Waals surface area contributed by atoms with Crippen molar-refractivity contribution >= 4 is 82.1 Å². The van der Waals surface area contributed by atoms with Gasteiger partial charge in [0.15, 0.2) is 11.5 Å². The molecule has 6 unspecified atom stereocenters. The quantitative estimate of drug-likeness (QED) is 0.0154. The van der Waals surface area contributed by atoms with Crippen LogP contribution in [0.4, 0.5) is 8.78 Å². The summed E-state index contributed by atoms with van der Waals surface area (Å²) >= 11 is 4.96. The zero-order valence-electron chi connectivity index (χ0n) is 55.1. The van der Waals surface area contributed by atoms with Gasteiger partial charge in [0, 0.05) is 67.5 Å². The summed E-state index contributed by atoms with van der Waals surface area (Å²) in [6.07, 6.45) is -1.53. The number of benzene rings is 5. The average molecular weight is 1460 g/mol. The van der Waals surface area contributed by atoms with Crippen molar-refractivity contribution in [3.05, 3.63) is 170 Å². The van der Waals surface area contributed by atoms with Gasteiger partial charge >= 0.3 is 13.3 Å². The fourth-order valence-corrected chi connectivity index (χ4v) is 12.4. The Morgan fingerprint density at radius 1 is 0.735 bits per heavy atom. The summed E-state index contributed by atoms with van der Waals surface area (Å²) in [5, 5.41) is 40.2. The van der Waals surface area contributed by atoms with Crippen LogP contribution < -0.4 is 42.0 Å². The highest BCUT2D eigenvalue weighted by atomic mass is 79.9. The lowest BCUT2D eigenvalue weighted by Gasteiger charge is -2.35. The van der Waals surface area contributed by atoms with E-state index in [4.69, 9.17) is 9.47 Å². The molecule has 11 N–H and O–H groups in total. The molecular weight excluding hydrogens is 1380 g/mol. The van der Waals surface area contributed by atoms with Gasteiger partial charge in [0.1, 0.15) is 30.2 Å². The summed E-state index contributed by atoms with van der Waals surface area (Å²) in [4.78, 5) is 137. The highest BCUT2D eigenvalue weighted by Crippen LogP contribution is 2.59. The molecule has 6 atom stereocenters. The van der Waals surface area contributed by atoms with Crippen molar-refractivity contribution < 1.29 is 81.2 Å². The predicted octanol–water partition coefficient (Wildman–Crippen LogP) is 6.55. The van der Waals surface area contributed by atoms with Crippen LogP contribution in [0.3, 0.4) is 0 Å². The highest BCUT2D eigenvalue weighted by molar-refractivity contribution is 9.10. The summed E-state index contributed by atoms with van der Waals surface area (Å²) in [6, 6.07) is 22.9. The molecule has 0 spiro atoms. The lowest BCUT2D eigenvalue weighted by Crippen LogP contribution is -2.58. The number of likely N-dealkylation sites (tertiary alicyclic amines) is 1. The van der Waals surface area contributed by atoms with Gasteiger partial charge in [-0.2, -0.15) is 8.78 Å². The number of nitrogens with one attached hydrogen (secondary N) is 7. The normalized spacial score (nSPS) is 15.2. The van der Waals surface area contributed by atoms with Gasteiger partial charge in [-0.15, -0.1) is 11.3 Å². The Hall–Kier alpha value is -8.50. The van der Waals surface area contributed by atoms with Gasteiger partial charge in [-0.3, -0.25) is 42.9 Å². The number of methoxy groups -OCH3 is 1. The number of hydrogen-bond acceptors (Lipinski definition) is 15. The van der Waals surface area contributed by atoms with Crippen molar-refractivity contribution in [1.29, 1.82) is 0 Å². The molecule has 5 aromatic carbocycles. The third-order valence-electron chi connectivity index (χ3n) is 16.3. The van der Waals surface area contributed by atoms with Crippen LogP contribution in [0.5, 0.6) is 11.5 Å². The Labute approximate surface area is 579 Å². The van der Waals surface area contributed by atoms with Gasteiger partial charge in [-0.1, -0.05) is 128 Å². The molecule has 1 saturated heterocycles. The molecular formula is C69H83BrF2N9O15PS. The number of aliphatic hydroxyl groups is 1. The number of aryl methyl sites for hydroxylation is 2. The number of aromatic nitrogens is 1. The van der Waals surface area contributed by atoms with Crippen molar-refractivity contribution in [2.24, 2.45) is 5.41 Å². The van der Waals surface area contributed by atoms with Crippen LogP contribution in [0.1, 0.15) is 102 Å². The third-order valence-corrected chi connectivity index (χ3v) is 19.1. The van der Waals surface area contributed by atoms with E-state index in [0.717, 1.165) is 56.0 Å². The van der Waals surface area contributed by atoms with E-state index in [1.54, 1.807) is 74.8 Å². The first-order chi connectivity index (χ1) is 46.4. The molecule has 1 aliphatic rings. The molecule has 0 bridgehead atoms. The van der Waals surface area contributed by atoms with Crippen LogP contribution in [-0.2, 0) is 74.3 Å². The molecule has 0 radical (unpaired) electrons. The Kier molecular flexibility index (Phi) is 27.7. The van der Waals surface area contributed by atoms with Gasteiger partial charge < -0.3 is 71.6 Å². The molecule has 1 aromatic heterocycles. The van der Waals surface area contributed by atoms with E-state index in [0.29, 0.717) is 23.1 Å². The number of rotatable bonds is 33. The van der Waals surface area contributed by atoms with E-state index in [-0.39, 0.29) is 101 Å². The van der Waals surface area contributed by atoms with Gasteiger partial charge in [-0.25, -0.2) is 4.98 Å². The molecule has 0 saturated carbocycles. The SMILES string of the molecule is COc1cc(CC(=O)NC(Cc2ccccc2)C(=O)NC(Cc2ccc(C(F)(F)P(=O)(O)O)cc2)C(=O)NC(CCCCNC(=O)c2ccc(C)c(Br)c2)C(=O)NCCOCCC(=O)NC(C(=O)N2CC(O)CC2C(=O)NCc2ccc(-c3scnc3C)cc2)C(C)(C)C)ccc1O. The number of aromatic hydroxyl groups is 1. The van der Waals surface area contributed by atoms with E-state index in [1.165, 1.54) is 41.5 Å². The predicted molar refractivity (Wildman–Crippen MR) is 366 cm³/mol. The molecule has 1 aliphatic heterocycles. The number of halogens is 3. The van der Waals surface area contributed by atoms with E-state index >= 15 is 0 Å². The Balaban J connectivity index is 1.01. The standard InChI is InChI=1S/C69H83BrF2N9O15PS/c1-41-15-21-48(36-51(41)70)62(86)73-28-11-10-14-52(63(87)74-29-31-96-30-27-58(84)80-61(68(3,4)5)67(91)81-39-50(82)37-55(81)66(90)75-38-45-16-22-47(23-17-45)60-42(2)76-40-98-60)78-65(89)54(33-44-18-24-49(25-19-44)69(71,72)97(92,93)94)79-64(88)53(32-43-12-8-7-9-13-43)77-59(85)35-46-20-26-56(83)57(34-46)95-6/h7-9,12-13,15-26,34,36,40,50,52-55,61,82-83H,10-11,14,27-33,35,37-39H2,1-6H3,(H,73,86)(H,74,87)(H,75,90)(H,77,85)(H,78,89)(H,79,88)(H,80,84)(H2,92,93,94). The molecule has 0 aliphatic carbocycles. The number of phenols is 1. The molecule has 526 valence electrons. The van der Waals surface area contributed by atoms with Crippen LogP contribution in [0.2, 0.25) is 0 Å². The molecule has 6 aromatic rings. The number of carbonyl (C=O) groups is 8. The maximum absolute atomic E-state index is 14.8. The minimum atomic E-state index is -5.98. The van der Waals surface area contributed by atoms with E-state index in [2.05, 4.69) is 58.1 Å². The molecule has 2 heterocycles. The summed E-state index contributed by atoms with van der Waals surface area (Å²) in [7, 11) is -4.65. The number of amides is 8. The molecule has 7 rings (SSSR count). The monoisotopic (exact) mass is 1460 g/mol. The fourth-order valence-electron chi connectivity index (χ4n) is 10.8. The van der Waals surface area contributed by atoms with Crippen LogP contribution in [-0.4, -0.2) is 153 Å². The van der Waals surface area contributed by atoms with Crippen molar-refractivity contribution in [2.75, 3.05) is 40.0 Å². The van der Waals surface area contributed by atoms with Crippen LogP contribution in [0, 0.1) is 19.3 Å². The maximum atomic E-state index is 14.8. The minimum absolute atomic E-state index is 0.00820. The molecule has 1 fully saturated rings. The van der Waals surface area contributed by atoms with Crippen molar-refractivity contribution in [3.63, 3.8) is 0 Å². The van der Waals surface area contributed by atoms with Crippen LogP contribution in [0.25, 0.3) is 10.4 Å². The second-order valence-electron chi connectivity index (χ2n) is 24.9. The number of alkyl halides is 2. The summed E-state index contributed by atoms with van der Waals surface area (Å²) in [5.74, 6) is -5.21. The van der Waals surface area contributed by atoms with Crippen molar-refractivity contribution in [2.45, 2.75) is 135 Å². The zero-order chi connectivity index (χ0) is 71.5. The van der Waals surface area contributed by atoms with Gasteiger partial charge in [-0.05, 0) is 96.2 Å². The number of ether oxygens (including phenoxy) is 2. The number of thiazole rings is 1. The van der Waals surface area contributed by atoms with Crippen LogP contribution in [0.15, 0.2) is 125 Å². The Bertz CT molecular complexity index is 3820. The molecule has 29 heteroatoms. The van der Waals surface area contributed by atoms with Gasteiger partial charge in [0.25, 0.3) is 5.91 Å². The van der Waals surface area contributed by atoms with E-state index in [1.807, 2.05) is 38.1 Å². The molecule has 8 amide bonds. The molecule has 98 heavy (non-hydrogen) atoms. The largest absolute Gasteiger partial charge is 0.504 e. The Morgan fingerprint density at radius 3 is 2.01 bits per heavy atom. The smallest absolute Gasteiger partial charge is 0.399 e. The first kappa shape index (κ1) is 76.9. The molecule has 24 nitrogen and oxygen atoms in total. The van der Waals surface area contributed by atoms with Crippen molar-refractivity contribution in [1.82, 2.24) is 47.1 Å². The summed E-state index contributed by atoms with van der Waals surface area (Å²) in [6.45, 7) is 8.77. The van der Waals surface area contributed by atoms with Gasteiger partial charge in [0.2, 0.25) is 41.4 Å². The number of aliphatic hydroxyl groups excluding tert-OH is 1. The lowest BCUT2D eigenvalue weighted by molar-refractivity contribution is -0.144. The number of β-amino-alcohol motifs (C(OH)–C–C–N with tert-alkyl or cyclic N) is 1. The fraction of sp³-hybridized carbons (Fsp3) is 0.406. The van der Waals surface area contributed by atoms with Crippen LogP contribution >= 0.6 is 34.9 Å². The zero-order valence-corrected chi connectivity index (χ0v) is 58.4. The van der Waals surface area contributed by atoms with E-state index in [9.17, 15) is 71.7 Å². The van der Waals surface area contributed by atoms with Crippen molar-refractivity contribution in [3.8, 4) is 21.9 Å². The second kappa shape index (κ2) is 35.3. The van der Waals surface area contributed by atoms with E-state index < -0.39 is 108 Å². The minimum Gasteiger partial charge on any atom is -0.504 e. The number of nitrogens with zero attached hydrogens (tertiary/aromatic N) is 2. The second-order valence-corrected chi connectivity index (χ2v) is 28.3. The summed E-state index contributed by atoms with van der Waals surface area (Å²) in [5.41, 5.74) is 0.492. The number of hydrogen-bond donors (Lipinski definition) is 11. The number of phenolic OH excluding ortho intramolecular Hbond substituents is 1. The first-order valence-corrected chi connectivity index (χ1v) is 35.0. The number of carbonyl (C=O) groups excluding carboxylic acids is 8. The third kappa shape index (κ3) is 22.0. The maximum Gasteiger partial charge on any atom is 0.399 e. The number of unbranched alkanes of at least 4 members (excludes halogenated alkanes) is 1. The lowest BCUT2D eigenvalue weighted by atomic mass is 9.85. The van der Waals surface area contributed by atoms with Gasteiger partial charge in [0.05, 0.1) is 48.9 Å². The topological polar surface area (TPSA) is 353 Å².